The van der Waals surface area contributed by atoms with Crippen LogP contribution < -0.4 is 0 Å². The van der Waals surface area contributed by atoms with Crippen molar-refractivity contribution in [3.63, 3.8) is 0 Å². The Morgan fingerprint density at radius 2 is 2.04 bits per heavy atom. The van der Waals surface area contributed by atoms with Crippen molar-refractivity contribution in [2.45, 2.75) is 37.5 Å². The standard InChI is InChI=1S/C20H25N3O3/c24-9-6-20(19-12-21-7-8-22-19)18-11-17(25)10-16(18)13-23(20)26-14-15-4-2-1-3-5-15/h1-5,7-8,12,16-18,24-25H,6,9-11,13-14H2. The largest absolute Gasteiger partial charge is 0.396 e. The van der Waals surface area contributed by atoms with Crippen LogP contribution in [-0.2, 0) is 17.0 Å². The molecule has 0 spiro atoms. The quantitative estimate of drug-likeness (QED) is 0.824. The van der Waals surface area contributed by atoms with Gasteiger partial charge in [-0.15, -0.1) is 0 Å². The van der Waals surface area contributed by atoms with Crippen LogP contribution in [0.5, 0.6) is 0 Å². The number of hydroxylamine groups is 2. The van der Waals surface area contributed by atoms with Gasteiger partial charge in [0.1, 0.15) is 0 Å². The van der Waals surface area contributed by atoms with Crippen LogP contribution in [0.1, 0.15) is 30.5 Å². The molecule has 2 aliphatic rings. The molecule has 4 unspecified atom stereocenters. The summed E-state index contributed by atoms with van der Waals surface area (Å²) < 4.78 is 0. The summed E-state index contributed by atoms with van der Waals surface area (Å²) in [6.45, 7) is 1.22. The fraction of sp³-hybridized carbons (Fsp3) is 0.500. The highest BCUT2D eigenvalue weighted by atomic mass is 16.7. The second-order valence-corrected chi connectivity index (χ2v) is 7.30. The van der Waals surface area contributed by atoms with Gasteiger partial charge >= 0.3 is 0 Å². The normalized spacial score (nSPS) is 31.2. The number of aliphatic hydroxyl groups excluding tert-OH is 2. The molecule has 1 saturated carbocycles. The van der Waals surface area contributed by atoms with Gasteiger partial charge in [0.05, 0.1) is 30.1 Å². The van der Waals surface area contributed by atoms with E-state index < -0.39 is 5.54 Å². The molecule has 0 bridgehead atoms. The molecule has 6 heteroatoms. The summed E-state index contributed by atoms with van der Waals surface area (Å²) >= 11 is 0. The minimum Gasteiger partial charge on any atom is -0.396 e. The van der Waals surface area contributed by atoms with E-state index in [9.17, 15) is 10.2 Å². The van der Waals surface area contributed by atoms with Crippen LogP contribution in [0.2, 0.25) is 0 Å². The van der Waals surface area contributed by atoms with Crippen molar-refractivity contribution in [3.8, 4) is 0 Å². The first-order valence-electron chi connectivity index (χ1n) is 9.24. The summed E-state index contributed by atoms with van der Waals surface area (Å²) in [6, 6.07) is 10.1. The van der Waals surface area contributed by atoms with Gasteiger partial charge in [0.25, 0.3) is 0 Å². The molecule has 0 radical (unpaired) electrons. The number of aliphatic hydroxyl groups is 2. The van der Waals surface area contributed by atoms with Crippen LogP contribution in [0, 0.1) is 11.8 Å². The fourth-order valence-corrected chi connectivity index (χ4v) is 4.79. The maximum atomic E-state index is 10.2. The number of hydrogen-bond donors (Lipinski definition) is 2. The van der Waals surface area contributed by atoms with E-state index in [1.807, 2.05) is 35.4 Å². The predicted octanol–water partition coefficient (Wildman–Crippen LogP) is 1.89. The number of nitrogens with zero attached hydrogens (tertiary/aromatic N) is 3. The molecule has 4 rings (SSSR count). The van der Waals surface area contributed by atoms with Gasteiger partial charge in [0.2, 0.25) is 0 Å². The Morgan fingerprint density at radius 3 is 2.77 bits per heavy atom. The lowest BCUT2D eigenvalue weighted by Crippen LogP contribution is -2.47. The third kappa shape index (κ3) is 3.03. The van der Waals surface area contributed by atoms with Crippen LogP contribution in [0.3, 0.4) is 0 Å². The lowest BCUT2D eigenvalue weighted by Gasteiger charge is -2.40. The van der Waals surface area contributed by atoms with Gasteiger partial charge in [-0.3, -0.25) is 14.8 Å². The second-order valence-electron chi connectivity index (χ2n) is 7.30. The zero-order chi connectivity index (χ0) is 18.0. The van der Waals surface area contributed by atoms with Crippen LogP contribution in [0.25, 0.3) is 0 Å². The Hall–Kier alpha value is -1.86. The average molecular weight is 355 g/mol. The van der Waals surface area contributed by atoms with Crippen LogP contribution in [0.4, 0.5) is 0 Å². The summed E-state index contributed by atoms with van der Waals surface area (Å²) in [6.07, 6.45) is 6.78. The van der Waals surface area contributed by atoms with Gasteiger partial charge in [0, 0.05) is 25.5 Å². The highest BCUT2D eigenvalue weighted by molar-refractivity contribution is 5.20. The van der Waals surface area contributed by atoms with Crippen molar-refractivity contribution in [3.05, 3.63) is 60.2 Å². The lowest BCUT2D eigenvalue weighted by molar-refractivity contribution is -0.231. The molecular formula is C20H25N3O3. The second kappa shape index (κ2) is 7.40. The van der Waals surface area contributed by atoms with Crippen molar-refractivity contribution >= 4 is 0 Å². The molecule has 2 N–H and O–H groups in total. The van der Waals surface area contributed by atoms with Gasteiger partial charge in [-0.1, -0.05) is 30.3 Å². The maximum absolute atomic E-state index is 10.2. The average Bonchev–Trinajstić information content (AvgIpc) is 3.17. The smallest absolute Gasteiger partial charge is 0.0951 e. The van der Waals surface area contributed by atoms with E-state index >= 15 is 0 Å². The first-order valence-corrected chi connectivity index (χ1v) is 9.24. The van der Waals surface area contributed by atoms with E-state index in [0.29, 0.717) is 25.4 Å². The van der Waals surface area contributed by atoms with Crippen molar-refractivity contribution in [1.29, 1.82) is 0 Å². The van der Waals surface area contributed by atoms with E-state index in [-0.39, 0.29) is 18.6 Å². The lowest BCUT2D eigenvalue weighted by atomic mass is 9.77. The summed E-state index contributed by atoms with van der Waals surface area (Å²) in [4.78, 5) is 15.1. The molecule has 6 nitrogen and oxygen atoms in total. The molecule has 0 amide bonds. The first-order chi connectivity index (χ1) is 12.7. The van der Waals surface area contributed by atoms with Crippen LogP contribution >= 0.6 is 0 Å². The predicted molar refractivity (Wildman–Crippen MR) is 95.6 cm³/mol. The van der Waals surface area contributed by atoms with Gasteiger partial charge in [-0.05, 0) is 36.7 Å². The van der Waals surface area contributed by atoms with Crippen LogP contribution in [-0.4, -0.2) is 44.5 Å². The number of benzene rings is 1. The Labute approximate surface area is 153 Å². The number of hydrogen-bond acceptors (Lipinski definition) is 6. The molecule has 1 saturated heterocycles. The molecule has 4 atom stereocenters. The van der Waals surface area contributed by atoms with E-state index in [2.05, 4.69) is 9.97 Å². The van der Waals surface area contributed by atoms with E-state index in [1.165, 1.54) is 0 Å². The molecule has 26 heavy (non-hydrogen) atoms. The summed E-state index contributed by atoms with van der Waals surface area (Å²) in [5.41, 5.74) is 1.35. The van der Waals surface area contributed by atoms with Gasteiger partial charge in [-0.25, -0.2) is 0 Å². The Bertz CT molecular complexity index is 715. The van der Waals surface area contributed by atoms with Crippen molar-refractivity contribution < 1.29 is 15.1 Å². The van der Waals surface area contributed by atoms with E-state index in [4.69, 9.17) is 4.84 Å². The molecule has 1 aromatic heterocycles. The summed E-state index contributed by atoms with van der Waals surface area (Å²) in [5.74, 6) is 0.520. The number of aromatic nitrogens is 2. The number of rotatable bonds is 6. The highest BCUT2D eigenvalue weighted by Gasteiger charge is 2.59. The molecule has 1 aliphatic heterocycles. The van der Waals surface area contributed by atoms with E-state index in [1.54, 1.807) is 18.6 Å². The third-order valence-electron chi connectivity index (χ3n) is 5.86. The molecule has 2 fully saturated rings. The molecule has 1 aromatic carbocycles. The maximum Gasteiger partial charge on any atom is 0.0951 e. The van der Waals surface area contributed by atoms with Gasteiger partial charge in [-0.2, -0.15) is 5.06 Å². The zero-order valence-electron chi connectivity index (χ0n) is 14.7. The van der Waals surface area contributed by atoms with Gasteiger partial charge < -0.3 is 10.2 Å². The van der Waals surface area contributed by atoms with Crippen LogP contribution in [0.15, 0.2) is 48.9 Å². The monoisotopic (exact) mass is 355 g/mol. The molecule has 138 valence electrons. The number of fused-ring (bicyclic) bond motifs is 1. The molecule has 1 aliphatic carbocycles. The Balaban J connectivity index is 1.67. The fourth-order valence-electron chi connectivity index (χ4n) is 4.79. The van der Waals surface area contributed by atoms with Crippen molar-refractivity contribution in [2.24, 2.45) is 11.8 Å². The Kier molecular flexibility index (Phi) is 5.00. The first kappa shape index (κ1) is 17.5. The topological polar surface area (TPSA) is 78.7 Å². The Morgan fingerprint density at radius 1 is 1.19 bits per heavy atom. The highest BCUT2D eigenvalue weighted by Crippen LogP contribution is 2.54. The van der Waals surface area contributed by atoms with Gasteiger partial charge in [0.15, 0.2) is 0 Å². The molecule has 2 aromatic rings. The third-order valence-corrected chi connectivity index (χ3v) is 5.86. The minimum absolute atomic E-state index is 0.0289. The SMILES string of the molecule is OCCC1(c2cnccn2)C2CC(O)CC2CN1OCc1ccccc1. The van der Waals surface area contributed by atoms with Crippen molar-refractivity contribution in [2.75, 3.05) is 13.2 Å². The summed E-state index contributed by atoms with van der Waals surface area (Å²) in [7, 11) is 0. The zero-order valence-corrected chi connectivity index (χ0v) is 14.7. The molecular weight excluding hydrogens is 330 g/mol. The summed E-state index contributed by atoms with van der Waals surface area (Å²) in [5, 5.41) is 22.1. The minimum atomic E-state index is -0.556. The molecule has 2 heterocycles. The van der Waals surface area contributed by atoms with E-state index in [0.717, 1.165) is 24.2 Å². The van der Waals surface area contributed by atoms with Crippen molar-refractivity contribution in [1.82, 2.24) is 15.0 Å².